The van der Waals surface area contributed by atoms with E-state index in [0.29, 0.717) is 39.6 Å². The predicted molar refractivity (Wildman–Crippen MR) is 174 cm³/mol. The molecular formula is C38H29N2Na3O12. The van der Waals surface area contributed by atoms with Gasteiger partial charge in [0.25, 0.3) is 11.7 Å². The number of amides is 1. The second kappa shape index (κ2) is 18.8. The van der Waals surface area contributed by atoms with E-state index < -0.39 is 53.8 Å². The molecule has 1 fully saturated rings. The molecule has 1 aromatic heterocycles. The number of carbonyl (C=O) groups is 4. The number of nitrogens with zero attached hydrogens (tertiary/aromatic N) is 2. The fraction of sp³-hybridized carbons (Fsp3) is 0.237. The Bertz CT molecular complexity index is 2200. The van der Waals surface area contributed by atoms with Crippen LogP contribution in [0, 0.1) is 0 Å². The summed E-state index contributed by atoms with van der Waals surface area (Å²) in [5.74, 6) is -10.9. The Labute approximate surface area is 380 Å². The van der Waals surface area contributed by atoms with Gasteiger partial charge in [0.2, 0.25) is 12.7 Å². The van der Waals surface area contributed by atoms with Crippen LogP contribution in [0.3, 0.4) is 0 Å². The van der Waals surface area contributed by atoms with E-state index in [9.17, 15) is 34.5 Å². The van der Waals surface area contributed by atoms with Gasteiger partial charge in [0.05, 0.1) is 5.97 Å². The molecule has 17 heteroatoms. The molecule has 3 heterocycles. The molecule has 0 radical (unpaired) electrons. The number of aliphatic carboxylic acids is 3. The number of oxazole rings is 1. The number of carbonyl (C=O) groups excluding carboxylic acids is 4. The molecule has 2 aliphatic heterocycles. The summed E-state index contributed by atoms with van der Waals surface area (Å²) in [7, 11) is 0. The molecule has 0 saturated carbocycles. The summed E-state index contributed by atoms with van der Waals surface area (Å²) in [6.07, 6.45) is -0.925. The van der Waals surface area contributed by atoms with Crippen LogP contribution in [0.5, 0.6) is 11.5 Å². The molecule has 266 valence electrons. The standard InChI is InChI=1S/C38H32N2O12.3Na/c1-21(26(25-15-16-29-30(18-25)49-20-48-29)9-6-12-31-39-27-10-4-5-11-28(27)50-31)40(19-22-13-14-23-7-2-3-8-24(23)17-22)34(41)32-33(35(42)43)52-38(51-32,36(44)45)37(46)47;;;/h2-8,10-18,21,26,32-33H,9,19-20H2,1H3,(H,42,43)(H,44,45)(H,46,47);;;/q;3*+1/p-3/b12-6+;;;/t21-,26-,32-,33+;;;/m1.../s1. The van der Waals surface area contributed by atoms with E-state index in [1.54, 1.807) is 43.3 Å². The van der Waals surface area contributed by atoms with E-state index >= 15 is 0 Å². The third-order valence-electron chi connectivity index (χ3n) is 9.18. The van der Waals surface area contributed by atoms with Crippen molar-refractivity contribution in [2.75, 3.05) is 6.79 Å². The summed E-state index contributed by atoms with van der Waals surface area (Å²) in [6.45, 7) is 1.60. The SMILES string of the molecule is C[C@H]([C@@H](C/C=C/c1nc2ccccc2o1)c1ccc2c(c1)OCO2)N(Cc1ccc2ccccc2c1)C(=O)[C@@H]1OC(C(=O)[O-])(C(=O)[O-])O[C@@H]1C(=O)[O-].[Na+].[Na+].[Na+]. The van der Waals surface area contributed by atoms with Crippen molar-refractivity contribution in [3.05, 3.63) is 108 Å². The number of aromatic nitrogens is 1. The molecule has 4 aromatic carbocycles. The Kier molecular flexibility index (Phi) is 15.2. The normalized spacial score (nSPS) is 17.8. The first-order valence-corrected chi connectivity index (χ1v) is 16.2. The first-order valence-electron chi connectivity index (χ1n) is 16.2. The number of carboxylic acid groups (broad SMARTS) is 3. The van der Waals surface area contributed by atoms with Crippen molar-refractivity contribution in [1.29, 1.82) is 0 Å². The smallest absolute Gasteiger partial charge is 0.547 e. The van der Waals surface area contributed by atoms with Crippen LogP contribution >= 0.6 is 0 Å². The van der Waals surface area contributed by atoms with E-state index in [4.69, 9.17) is 23.4 Å². The molecule has 4 atom stereocenters. The van der Waals surface area contributed by atoms with Crippen LogP contribution in [0.2, 0.25) is 0 Å². The third kappa shape index (κ3) is 9.16. The molecule has 14 nitrogen and oxygen atoms in total. The maximum atomic E-state index is 14.5. The maximum absolute atomic E-state index is 14.5. The van der Waals surface area contributed by atoms with Crippen LogP contribution < -0.4 is 113 Å². The van der Waals surface area contributed by atoms with Crippen LogP contribution in [-0.2, 0) is 35.2 Å². The molecule has 2 aliphatic rings. The number of hydrogen-bond donors (Lipinski definition) is 0. The van der Waals surface area contributed by atoms with Crippen LogP contribution in [0.1, 0.15) is 36.3 Å². The number of fused-ring (bicyclic) bond motifs is 3. The predicted octanol–water partition coefficient (Wildman–Crippen LogP) is -7.94. The van der Waals surface area contributed by atoms with Gasteiger partial charge in [0, 0.05) is 18.5 Å². The number of ether oxygens (including phenoxy) is 4. The van der Waals surface area contributed by atoms with Gasteiger partial charge in [-0.1, -0.05) is 60.7 Å². The van der Waals surface area contributed by atoms with Crippen molar-refractivity contribution >= 4 is 51.8 Å². The average molecular weight is 775 g/mol. The minimum Gasteiger partial charge on any atom is -0.547 e. The van der Waals surface area contributed by atoms with Gasteiger partial charge in [0.1, 0.15) is 23.6 Å². The van der Waals surface area contributed by atoms with Gasteiger partial charge in [-0.3, -0.25) is 4.79 Å². The molecular weight excluding hydrogens is 745 g/mol. The van der Waals surface area contributed by atoms with E-state index in [0.717, 1.165) is 10.8 Å². The first-order chi connectivity index (χ1) is 25.0. The fourth-order valence-electron chi connectivity index (χ4n) is 6.51. The van der Waals surface area contributed by atoms with E-state index in [1.165, 1.54) is 4.90 Å². The van der Waals surface area contributed by atoms with Crippen molar-refractivity contribution in [3.63, 3.8) is 0 Å². The fourth-order valence-corrected chi connectivity index (χ4v) is 6.51. The molecule has 0 aliphatic carbocycles. The Hall–Kier alpha value is -3.25. The quantitative estimate of drug-likeness (QED) is 0.0855. The molecule has 7 rings (SSSR count). The van der Waals surface area contributed by atoms with Crippen LogP contribution in [0.15, 0.2) is 95.4 Å². The summed E-state index contributed by atoms with van der Waals surface area (Å²) < 4.78 is 26.9. The Morgan fingerprint density at radius 1 is 0.836 bits per heavy atom. The molecule has 0 bridgehead atoms. The second-order valence-corrected chi connectivity index (χ2v) is 12.4. The molecule has 0 spiro atoms. The zero-order valence-corrected chi connectivity index (χ0v) is 36.5. The molecule has 0 N–H and O–H groups in total. The van der Waals surface area contributed by atoms with Crippen molar-refractivity contribution in [3.8, 4) is 11.5 Å². The zero-order chi connectivity index (χ0) is 36.6. The Morgan fingerprint density at radius 2 is 1.51 bits per heavy atom. The largest absolute Gasteiger partial charge is 1.00 e. The number of rotatable bonds is 12. The van der Waals surface area contributed by atoms with Crippen molar-refractivity contribution in [2.24, 2.45) is 0 Å². The minimum absolute atomic E-state index is 0. The number of allylic oxidation sites excluding steroid dienone is 1. The summed E-state index contributed by atoms with van der Waals surface area (Å²) in [4.78, 5) is 56.4. The molecule has 1 saturated heterocycles. The molecule has 55 heavy (non-hydrogen) atoms. The monoisotopic (exact) mass is 774 g/mol. The number of benzene rings is 4. The topological polar surface area (TPSA) is 204 Å². The van der Waals surface area contributed by atoms with Crippen LogP contribution in [0.4, 0.5) is 0 Å². The van der Waals surface area contributed by atoms with Gasteiger partial charge in [-0.15, -0.1) is 0 Å². The Morgan fingerprint density at radius 3 is 2.22 bits per heavy atom. The van der Waals surface area contributed by atoms with Crippen molar-refractivity contribution in [1.82, 2.24) is 9.88 Å². The number of hydrogen-bond acceptors (Lipinski definition) is 13. The van der Waals surface area contributed by atoms with E-state index in [-0.39, 0.29) is 108 Å². The minimum atomic E-state index is -3.68. The first kappa shape index (κ1) is 44.5. The van der Waals surface area contributed by atoms with Gasteiger partial charge in [-0.05, 0) is 71.7 Å². The third-order valence-corrected chi connectivity index (χ3v) is 9.18. The van der Waals surface area contributed by atoms with Crippen LogP contribution in [-0.4, -0.2) is 64.5 Å². The van der Waals surface area contributed by atoms with Crippen molar-refractivity contribution in [2.45, 2.75) is 49.8 Å². The molecule has 0 unspecified atom stereocenters. The van der Waals surface area contributed by atoms with Crippen molar-refractivity contribution < 1.29 is 147 Å². The maximum Gasteiger partial charge on any atom is 1.00 e. The number of para-hydroxylation sites is 2. The average Bonchev–Trinajstić information content (AvgIpc) is 3.89. The van der Waals surface area contributed by atoms with Gasteiger partial charge >= 0.3 is 88.7 Å². The van der Waals surface area contributed by atoms with E-state index in [2.05, 4.69) is 4.98 Å². The van der Waals surface area contributed by atoms with Gasteiger partial charge in [-0.25, -0.2) is 4.98 Å². The summed E-state index contributed by atoms with van der Waals surface area (Å²) in [5, 5.41) is 37.8. The summed E-state index contributed by atoms with van der Waals surface area (Å²) in [6, 6.07) is 24.8. The molecule has 5 aromatic rings. The summed E-state index contributed by atoms with van der Waals surface area (Å²) >= 11 is 0. The van der Waals surface area contributed by atoms with Gasteiger partial charge in [0.15, 0.2) is 23.2 Å². The number of carboxylic acids is 3. The zero-order valence-electron chi connectivity index (χ0n) is 30.5. The van der Waals surface area contributed by atoms with Crippen LogP contribution in [0.25, 0.3) is 27.9 Å². The summed E-state index contributed by atoms with van der Waals surface area (Å²) in [5.41, 5.74) is 2.59. The second-order valence-electron chi connectivity index (χ2n) is 12.4. The van der Waals surface area contributed by atoms with Gasteiger partial charge < -0.3 is 58.0 Å². The van der Waals surface area contributed by atoms with E-state index in [1.807, 2.05) is 60.7 Å². The van der Waals surface area contributed by atoms with Gasteiger partial charge in [-0.2, -0.15) is 0 Å². The Balaban J connectivity index is 0.00000224. The molecule has 1 amide bonds.